The summed E-state index contributed by atoms with van der Waals surface area (Å²) in [5, 5.41) is 9.84. The third-order valence-electron chi connectivity index (χ3n) is 3.52. The van der Waals surface area contributed by atoms with Crippen LogP contribution in [0.2, 0.25) is 0 Å². The third kappa shape index (κ3) is 3.94. The lowest BCUT2D eigenvalue weighted by atomic mass is 9.93. The summed E-state index contributed by atoms with van der Waals surface area (Å²) in [4.78, 5) is 13.7. The van der Waals surface area contributed by atoms with Gasteiger partial charge in [-0.2, -0.15) is 0 Å². The number of likely N-dealkylation sites (tertiary alicyclic amines) is 1. The van der Waals surface area contributed by atoms with E-state index in [1.54, 1.807) is 20.8 Å². The molecule has 1 amide bonds. The third-order valence-corrected chi connectivity index (χ3v) is 3.52. The van der Waals surface area contributed by atoms with E-state index in [1.807, 2.05) is 0 Å². The molecule has 1 N–H and O–H groups in total. The van der Waals surface area contributed by atoms with Gasteiger partial charge in [0.15, 0.2) is 0 Å². The summed E-state index contributed by atoms with van der Waals surface area (Å²) in [6.45, 7) is 5.45. The van der Waals surface area contributed by atoms with E-state index in [1.165, 1.54) is 4.90 Å². The standard InChI is InChI=1S/C16H21F2NO3/c1-16(2,3)22-15(21)19-7-6-11(20)9-14(19)12-8-10(17)4-5-13(12)18/h4-5,8,11,14,20H,6-7,9H2,1-3H3/t11-,14-/m0/s1. The molecule has 0 aliphatic carbocycles. The molecule has 6 heteroatoms. The molecule has 0 unspecified atom stereocenters. The highest BCUT2D eigenvalue weighted by atomic mass is 19.1. The number of aliphatic hydroxyl groups is 1. The van der Waals surface area contributed by atoms with Gasteiger partial charge in [0.25, 0.3) is 0 Å². The minimum absolute atomic E-state index is 0.0598. The topological polar surface area (TPSA) is 49.8 Å². The molecular weight excluding hydrogens is 292 g/mol. The number of ether oxygens (including phenoxy) is 1. The number of carbonyl (C=O) groups excluding carboxylic acids is 1. The molecule has 4 nitrogen and oxygen atoms in total. The van der Waals surface area contributed by atoms with Crippen LogP contribution < -0.4 is 0 Å². The second kappa shape index (κ2) is 6.20. The van der Waals surface area contributed by atoms with E-state index >= 15 is 0 Å². The molecule has 1 fully saturated rings. The predicted octanol–water partition coefficient (Wildman–Crippen LogP) is 3.40. The van der Waals surface area contributed by atoms with E-state index in [9.17, 15) is 18.7 Å². The first-order valence-electron chi connectivity index (χ1n) is 7.30. The molecule has 22 heavy (non-hydrogen) atoms. The molecule has 1 heterocycles. The van der Waals surface area contributed by atoms with Crippen molar-refractivity contribution in [2.75, 3.05) is 6.54 Å². The molecule has 0 saturated carbocycles. The number of halogens is 2. The van der Waals surface area contributed by atoms with Crippen molar-refractivity contribution in [2.24, 2.45) is 0 Å². The van der Waals surface area contributed by atoms with Crippen molar-refractivity contribution in [1.82, 2.24) is 4.90 Å². The first-order valence-corrected chi connectivity index (χ1v) is 7.30. The SMILES string of the molecule is CC(C)(C)OC(=O)N1CC[C@H](O)C[C@H]1c1cc(F)ccc1F. The average Bonchev–Trinajstić information content (AvgIpc) is 2.39. The fraction of sp³-hybridized carbons (Fsp3) is 0.562. The number of nitrogens with zero attached hydrogens (tertiary/aromatic N) is 1. The summed E-state index contributed by atoms with van der Waals surface area (Å²) in [6.07, 6.45) is -0.717. The van der Waals surface area contributed by atoms with Gasteiger partial charge in [0.1, 0.15) is 17.2 Å². The molecule has 0 radical (unpaired) electrons. The largest absolute Gasteiger partial charge is 0.444 e. The first-order chi connectivity index (χ1) is 10.2. The van der Waals surface area contributed by atoms with Crippen LogP contribution in [0.4, 0.5) is 13.6 Å². The lowest BCUT2D eigenvalue weighted by Gasteiger charge is -2.38. The predicted molar refractivity (Wildman–Crippen MR) is 77.3 cm³/mol. The Hall–Kier alpha value is -1.69. The Morgan fingerprint density at radius 1 is 1.36 bits per heavy atom. The number of carbonyl (C=O) groups is 1. The van der Waals surface area contributed by atoms with Gasteiger partial charge in [0.05, 0.1) is 12.1 Å². The van der Waals surface area contributed by atoms with Gasteiger partial charge in [-0.25, -0.2) is 13.6 Å². The van der Waals surface area contributed by atoms with E-state index in [4.69, 9.17) is 4.74 Å². The number of aliphatic hydroxyl groups excluding tert-OH is 1. The van der Waals surface area contributed by atoms with E-state index in [-0.39, 0.29) is 18.5 Å². The fourth-order valence-electron chi connectivity index (χ4n) is 2.55. The van der Waals surface area contributed by atoms with E-state index in [0.29, 0.717) is 6.42 Å². The van der Waals surface area contributed by atoms with Gasteiger partial charge in [-0.3, -0.25) is 0 Å². The van der Waals surface area contributed by atoms with Gasteiger partial charge in [0, 0.05) is 12.1 Å². The van der Waals surface area contributed by atoms with Crippen LogP contribution in [0.25, 0.3) is 0 Å². The number of hydrogen-bond donors (Lipinski definition) is 1. The average molecular weight is 313 g/mol. The van der Waals surface area contributed by atoms with E-state index in [2.05, 4.69) is 0 Å². The Bertz CT molecular complexity index is 557. The highest BCUT2D eigenvalue weighted by Crippen LogP contribution is 2.34. The van der Waals surface area contributed by atoms with Gasteiger partial charge in [0.2, 0.25) is 0 Å². The van der Waals surface area contributed by atoms with Crippen molar-refractivity contribution >= 4 is 6.09 Å². The van der Waals surface area contributed by atoms with E-state index < -0.39 is 35.5 Å². The van der Waals surface area contributed by atoms with Crippen molar-refractivity contribution < 1.29 is 23.4 Å². The minimum atomic E-state index is -0.741. The lowest BCUT2D eigenvalue weighted by Crippen LogP contribution is -2.45. The quantitative estimate of drug-likeness (QED) is 0.864. The Balaban J connectivity index is 2.31. The molecule has 0 aromatic heterocycles. The summed E-state index contributed by atoms with van der Waals surface area (Å²) in [6, 6.07) is 2.37. The monoisotopic (exact) mass is 313 g/mol. The second-order valence-corrected chi connectivity index (χ2v) is 6.53. The van der Waals surface area contributed by atoms with Crippen LogP contribution in [0, 0.1) is 11.6 Å². The molecule has 1 saturated heterocycles. The normalized spacial score (nSPS) is 22.5. The van der Waals surface area contributed by atoms with Crippen LogP contribution in [0.3, 0.4) is 0 Å². The molecule has 1 aliphatic heterocycles. The molecule has 0 bridgehead atoms. The second-order valence-electron chi connectivity index (χ2n) is 6.53. The van der Waals surface area contributed by atoms with Crippen LogP contribution in [0.15, 0.2) is 18.2 Å². The van der Waals surface area contributed by atoms with Crippen LogP contribution in [-0.4, -0.2) is 34.3 Å². The number of benzene rings is 1. The maximum atomic E-state index is 14.0. The minimum Gasteiger partial charge on any atom is -0.444 e. The summed E-state index contributed by atoms with van der Waals surface area (Å²) in [7, 11) is 0. The summed E-state index contributed by atoms with van der Waals surface area (Å²) in [5.74, 6) is -1.19. The van der Waals surface area contributed by atoms with Gasteiger partial charge >= 0.3 is 6.09 Å². The number of piperidine rings is 1. The molecule has 122 valence electrons. The van der Waals surface area contributed by atoms with Gasteiger partial charge in [-0.05, 0) is 51.8 Å². The Morgan fingerprint density at radius 2 is 2.05 bits per heavy atom. The number of rotatable bonds is 1. The fourth-order valence-corrected chi connectivity index (χ4v) is 2.55. The lowest BCUT2D eigenvalue weighted by molar-refractivity contribution is -0.00901. The Morgan fingerprint density at radius 3 is 2.68 bits per heavy atom. The summed E-state index contributed by atoms with van der Waals surface area (Å²) < 4.78 is 32.8. The van der Waals surface area contributed by atoms with Crippen molar-refractivity contribution in [3.8, 4) is 0 Å². The van der Waals surface area contributed by atoms with Crippen molar-refractivity contribution in [3.63, 3.8) is 0 Å². The van der Waals surface area contributed by atoms with Gasteiger partial charge in [-0.15, -0.1) is 0 Å². The van der Waals surface area contributed by atoms with Crippen molar-refractivity contribution in [3.05, 3.63) is 35.4 Å². The van der Waals surface area contributed by atoms with Crippen LogP contribution in [-0.2, 0) is 4.74 Å². The molecule has 2 atom stereocenters. The van der Waals surface area contributed by atoms with Crippen molar-refractivity contribution in [2.45, 2.75) is 51.4 Å². The van der Waals surface area contributed by atoms with Crippen LogP contribution >= 0.6 is 0 Å². The first kappa shape index (κ1) is 16.7. The molecule has 2 rings (SSSR count). The Labute approximate surface area is 128 Å². The highest BCUT2D eigenvalue weighted by molar-refractivity contribution is 5.69. The van der Waals surface area contributed by atoms with Crippen LogP contribution in [0.5, 0.6) is 0 Å². The maximum Gasteiger partial charge on any atom is 0.410 e. The smallest absolute Gasteiger partial charge is 0.410 e. The van der Waals surface area contributed by atoms with Crippen molar-refractivity contribution in [1.29, 1.82) is 0 Å². The zero-order valence-electron chi connectivity index (χ0n) is 13.0. The summed E-state index contributed by atoms with van der Waals surface area (Å²) in [5.41, 5.74) is -0.623. The molecule has 1 aromatic carbocycles. The van der Waals surface area contributed by atoms with Crippen LogP contribution in [0.1, 0.15) is 45.2 Å². The zero-order valence-corrected chi connectivity index (χ0v) is 13.0. The zero-order chi connectivity index (χ0) is 16.5. The highest BCUT2D eigenvalue weighted by Gasteiger charge is 2.36. The molecule has 1 aliphatic rings. The molecule has 0 spiro atoms. The number of hydrogen-bond acceptors (Lipinski definition) is 3. The number of amides is 1. The van der Waals surface area contributed by atoms with E-state index in [0.717, 1.165) is 18.2 Å². The maximum absolute atomic E-state index is 14.0. The molecule has 1 aromatic rings. The Kier molecular flexibility index (Phi) is 4.70. The van der Waals surface area contributed by atoms with Gasteiger partial charge in [-0.1, -0.05) is 0 Å². The van der Waals surface area contributed by atoms with Gasteiger partial charge < -0.3 is 14.7 Å². The molecular formula is C16H21F2NO3. The summed E-state index contributed by atoms with van der Waals surface area (Å²) >= 11 is 0.